The number of esters is 1. The zero-order valence-electron chi connectivity index (χ0n) is 15.9. The molecule has 0 spiro atoms. The minimum atomic E-state index is -2.02. The lowest BCUT2D eigenvalue weighted by Gasteiger charge is -2.50. The Kier molecular flexibility index (Phi) is 4.74. The zero-order chi connectivity index (χ0) is 18.6. The van der Waals surface area contributed by atoms with E-state index in [1.54, 1.807) is 6.92 Å². The van der Waals surface area contributed by atoms with Crippen LogP contribution in [-0.2, 0) is 23.5 Å². The minimum Gasteiger partial charge on any atom is -0.467 e. The number of hydrogen-bond donors (Lipinski definition) is 0. The van der Waals surface area contributed by atoms with Crippen LogP contribution in [0.25, 0.3) is 0 Å². The van der Waals surface area contributed by atoms with Gasteiger partial charge in [-0.1, -0.05) is 27.7 Å². The van der Waals surface area contributed by atoms with E-state index in [1.165, 1.54) is 12.0 Å². The van der Waals surface area contributed by atoms with E-state index < -0.39 is 20.3 Å². The highest BCUT2D eigenvalue weighted by Crippen LogP contribution is 2.46. The van der Waals surface area contributed by atoms with Crippen molar-refractivity contribution in [2.75, 3.05) is 7.11 Å². The highest BCUT2D eigenvalue weighted by atomic mass is 28.4. The van der Waals surface area contributed by atoms with Crippen LogP contribution in [0, 0.1) is 11.8 Å². The molecule has 136 valence electrons. The van der Waals surface area contributed by atoms with Crippen molar-refractivity contribution in [1.29, 1.82) is 0 Å². The molecule has 0 aliphatic carbocycles. The summed E-state index contributed by atoms with van der Waals surface area (Å²) in [5.41, 5.74) is 0. The Bertz CT molecular complexity index is 568. The third-order valence-electron chi connectivity index (χ3n) is 5.95. The predicted octanol–water partition coefficient (Wildman–Crippen LogP) is 1.98. The van der Waals surface area contributed by atoms with E-state index in [1.807, 2.05) is 6.92 Å². The molecule has 2 rings (SSSR count). The number of fused-ring (bicyclic) bond motifs is 1. The van der Waals surface area contributed by atoms with Crippen molar-refractivity contribution in [3.63, 3.8) is 0 Å². The molecule has 2 saturated heterocycles. The highest BCUT2D eigenvalue weighted by Gasteiger charge is 2.65. The molecule has 0 aromatic heterocycles. The molecule has 24 heavy (non-hydrogen) atoms. The number of hydrogen-bond acceptors (Lipinski definition) is 5. The summed E-state index contributed by atoms with van der Waals surface area (Å²) in [6, 6.07) is -1.35. The molecule has 2 aliphatic rings. The van der Waals surface area contributed by atoms with Crippen molar-refractivity contribution in [1.82, 2.24) is 4.90 Å². The summed E-state index contributed by atoms with van der Waals surface area (Å²) < 4.78 is 11.1. The SMILES string of the molecule is COC(=O)C1C(=O)[C@@H](C)[C@H]2[C@@H](C(C)O[Si](C)(C)C(C)(C)C)C(=O)N12. The smallest absolute Gasteiger partial charge is 0.336 e. The van der Waals surface area contributed by atoms with Gasteiger partial charge in [0.15, 0.2) is 20.1 Å². The summed E-state index contributed by atoms with van der Waals surface area (Å²) in [7, 11) is -0.784. The maximum absolute atomic E-state index is 12.6. The van der Waals surface area contributed by atoms with Crippen molar-refractivity contribution in [3.05, 3.63) is 0 Å². The zero-order valence-corrected chi connectivity index (χ0v) is 16.9. The number of carbonyl (C=O) groups is 3. The van der Waals surface area contributed by atoms with Gasteiger partial charge in [0.05, 0.1) is 25.2 Å². The summed E-state index contributed by atoms with van der Waals surface area (Å²) in [6.07, 6.45) is -0.272. The van der Waals surface area contributed by atoms with Crippen molar-refractivity contribution in [2.45, 2.75) is 70.9 Å². The first kappa shape index (κ1) is 19.1. The summed E-state index contributed by atoms with van der Waals surface area (Å²) in [6.45, 7) is 14.4. The molecular weight excluding hydrogens is 326 g/mol. The lowest BCUT2D eigenvalue weighted by Crippen LogP contribution is -2.67. The number of ketones is 1. The molecule has 0 saturated carbocycles. The van der Waals surface area contributed by atoms with Gasteiger partial charge in [-0.05, 0) is 25.1 Å². The summed E-state index contributed by atoms with van der Waals surface area (Å²) in [5.74, 6) is -1.81. The van der Waals surface area contributed by atoms with E-state index in [0.717, 1.165) is 0 Å². The number of rotatable bonds is 4. The van der Waals surface area contributed by atoms with Gasteiger partial charge in [-0.25, -0.2) is 4.79 Å². The van der Waals surface area contributed by atoms with E-state index in [0.29, 0.717) is 0 Å². The Labute approximate surface area is 145 Å². The predicted molar refractivity (Wildman–Crippen MR) is 91.8 cm³/mol. The maximum atomic E-state index is 12.6. The van der Waals surface area contributed by atoms with Crippen LogP contribution in [0.5, 0.6) is 0 Å². The minimum absolute atomic E-state index is 0.0411. The van der Waals surface area contributed by atoms with Gasteiger partial charge in [-0.2, -0.15) is 0 Å². The number of carbonyl (C=O) groups excluding carboxylic acids is 3. The van der Waals surface area contributed by atoms with E-state index in [4.69, 9.17) is 9.16 Å². The fraction of sp³-hybridized carbons (Fsp3) is 0.824. The van der Waals surface area contributed by atoms with Crippen LogP contribution in [0.3, 0.4) is 0 Å². The van der Waals surface area contributed by atoms with Crippen molar-refractivity contribution in [3.8, 4) is 0 Å². The first-order valence-corrected chi connectivity index (χ1v) is 11.4. The topological polar surface area (TPSA) is 72.9 Å². The van der Waals surface area contributed by atoms with Crippen LogP contribution in [-0.4, -0.2) is 56.2 Å². The lowest BCUT2D eigenvalue weighted by molar-refractivity contribution is -0.171. The number of amides is 1. The Hall–Kier alpha value is -1.21. The van der Waals surface area contributed by atoms with Gasteiger partial charge in [0.2, 0.25) is 5.91 Å². The second-order valence-corrected chi connectivity index (χ2v) is 13.2. The number of ether oxygens (including phenoxy) is 1. The summed E-state index contributed by atoms with van der Waals surface area (Å²) in [5, 5.41) is 0.0411. The van der Waals surface area contributed by atoms with Crippen LogP contribution in [0.4, 0.5) is 0 Å². The quantitative estimate of drug-likeness (QED) is 0.334. The number of β-lactam (4-membered cyclic amide) rings is 1. The molecule has 0 radical (unpaired) electrons. The average Bonchev–Trinajstić information content (AvgIpc) is 2.66. The molecule has 2 unspecified atom stereocenters. The monoisotopic (exact) mass is 355 g/mol. The molecular formula is C17H29NO5Si. The van der Waals surface area contributed by atoms with Crippen LogP contribution in [0.15, 0.2) is 0 Å². The fourth-order valence-corrected chi connectivity index (χ4v) is 4.93. The van der Waals surface area contributed by atoms with Crippen molar-refractivity contribution in [2.24, 2.45) is 11.8 Å². The van der Waals surface area contributed by atoms with Crippen LogP contribution >= 0.6 is 0 Å². The van der Waals surface area contributed by atoms with E-state index >= 15 is 0 Å². The average molecular weight is 356 g/mol. The molecule has 0 aromatic carbocycles. The lowest BCUT2D eigenvalue weighted by atomic mass is 9.79. The molecule has 0 bridgehead atoms. The number of nitrogens with zero attached hydrogens (tertiary/aromatic N) is 1. The third-order valence-corrected chi connectivity index (χ3v) is 10.5. The Balaban J connectivity index is 2.20. The van der Waals surface area contributed by atoms with Crippen molar-refractivity contribution >= 4 is 26.0 Å². The van der Waals surface area contributed by atoms with Gasteiger partial charge in [-0.3, -0.25) is 9.59 Å². The molecule has 1 amide bonds. The molecule has 2 aliphatic heterocycles. The van der Waals surface area contributed by atoms with Gasteiger partial charge < -0.3 is 14.1 Å². The van der Waals surface area contributed by atoms with Gasteiger partial charge in [0.1, 0.15) is 0 Å². The summed E-state index contributed by atoms with van der Waals surface area (Å²) in [4.78, 5) is 38.3. The van der Waals surface area contributed by atoms with Gasteiger partial charge in [0, 0.05) is 5.92 Å². The second kappa shape index (κ2) is 5.95. The fourth-order valence-electron chi connectivity index (χ4n) is 3.50. The first-order chi connectivity index (χ1) is 10.8. The first-order valence-electron chi connectivity index (χ1n) is 8.46. The molecule has 7 heteroatoms. The molecule has 2 heterocycles. The maximum Gasteiger partial charge on any atom is 0.336 e. The molecule has 0 aromatic rings. The Morgan fingerprint density at radius 2 is 1.79 bits per heavy atom. The molecule has 0 N–H and O–H groups in total. The van der Waals surface area contributed by atoms with Crippen LogP contribution in [0.1, 0.15) is 34.6 Å². The van der Waals surface area contributed by atoms with E-state index in [-0.39, 0.29) is 40.7 Å². The van der Waals surface area contributed by atoms with E-state index in [9.17, 15) is 14.4 Å². The number of methoxy groups -OCH3 is 1. The summed E-state index contributed by atoms with van der Waals surface area (Å²) >= 11 is 0. The largest absolute Gasteiger partial charge is 0.467 e. The highest BCUT2D eigenvalue weighted by molar-refractivity contribution is 6.74. The van der Waals surface area contributed by atoms with Gasteiger partial charge in [-0.15, -0.1) is 0 Å². The standard InChI is InChI=1S/C17H29NO5Si/c1-9-12-11(10(2)23-24(7,8)17(3,4)5)15(20)18(12)13(14(9)19)16(21)22-6/h9-13H,1-8H3/t9-,10?,11+,12-,13?/m0/s1. The molecule has 6 nitrogen and oxygen atoms in total. The van der Waals surface area contributed by atoms with Gasteiger partial charge in [0.25, 0.3) is 0 Å². The van der Waals surface area contributed by atoms with Gasteiger partial charge >= 0.3 is 5.97 Å². The van der Waals surface area contributed by atoms with E-state index in [2.05, 4.69) is 33.9 Å². The Morgan fingerprint density at radius 1 is 1.25 bits per heavy atom. The molecule has 2 fully saturated rings. The van der Waals surface area contributed by atoms with Crippen molar-refractivity contribution < 1.29 is 23.5 Å². The number of Topliss-reactive ketones (excluding diaryl/α,β-unsaturated/α-hetero) is 1. The molecule has 5 atom stereocenters. The second-order valence-electron chi connectivity index (χ2n) is 8.46. The normalized spacial score (nSPS) is 31.6. The van der Waals surface area contributed by atoms with Crippen LogP contribution < -0.4 is 0 Å². The van der Waals surface area contributed by atoms with Crippen LogP contribution in [0.2, 0.25) is 18.1 Å². The Morgan fingerprint density at radius 3 is 2.25 bits per heavy atom. The third kappa shape index (κ3) is 2.71.